The topological polar surface area (TPSA) is 57.4 Å². The summed E-state index contributed by atoms with van der Waals surface area (Å²) in [5.74, 6) is -0.193. The number of phenolic OH excluding ortho intramolecular Hbond substituents is 2. The fourth-order valence-electron chi connectivity index (χ4n) is 1.30. The van der Waals surface area contributed by atoms with Gasteiger partial charge in [0, 0.05) is 12.4 Å². The van der Waals surface area contributed by atoms with Crippen LogP contribution in [0.1, 0.15) is 5.56 Å². The van der Waals surface area contributed by atoms with Gasteiger partial charge in [0.2, 0.25) is 0 Å². The third kappa shape index (κ3) is 2.22. The van der Waals surface area contributed by atoms with Crippen molar-refractivity contribution in [2.75, 3.05) is 5.43 Å². The Hall–Kier alpha value is -2.10. The highest BCUT2D eigenvalue weighted by Crippen LogP contribution is 2.24. The van der Waals surface area contributed by atoms with Crippen LogP contribution in [0, 0.1) is 0 Å². The average molecular weight is 204 g/mol. The largest absolute Gasteiger partial charge is 0.504 e. The van der Waals surface area contributed by atoms with Crippen LogP contribution in [0.4, 0.5) is 0 Å². The van der Waals surface area contributed by atoms with Crippen LogP contribution in [0.3, 0.4) is 0 Å². The van der Waals surface area contributed by atoms with Crippen LogP contribution in [-0.4, -0.2) is 14.9 Å². The Morgan fingerprint density at radius 2 is 1.80 bits per heavy atom. The summed E-state index contributed by atoms with van der Waals surface area (Å²) in [5.41, 5.74) is 4.01. The number of aromatic hydroxyl groups is 2. The van der Waals surface area contributed by atoms with Crippen LogP contribution in [0.2, 0.25) is 0 Å². The van der Waals surface area contributed by atoms with E-state index >= 15 is 0 Å². The third-order valence-corrected chi connectivity index (χ3v) is 2.11. The van der Waals surface area contributed by atoms with Gasteiger partial charge in [0.1, 0.15) is 0 Å². The molecule has 0 bridgehead atoms. The lowest BCUT2D eigenvalue weighted by atomic mass is 10.2. The maximum Gasteiger partial charge on any atom is 0.157 e. The predicted molar refractivity (Wildman–Crippen MR) is 57.3 cm³/mol. The van der Waals surface area contributed by atoms with Crippen LogP contribution in [-0.2, 0) is 6.54 Å². The van der Waals surface area contributed by atoms with Crippen LogP contribution in [0.25, 0.3) is 0 Å². The molecule has 0 spiro atoms. The van der Waals surface area contributed by atoms with Crippen molar-refractivity contribution in [3.8, 4) is 11.5 Å². The number of phenols is 2. The third-order valence-electron chi connectivity index (χ3n) is 2.11. The Balaban J connectivity index is 2.02. The van der Waals surface area contributed by atoms with Gasteiger partial charge in [-0.3, -0.25) is 4.68 Å². The van der Waals surface area contributed by atoms with Crippen molar-refractivity contribution in [1.82, 2.24) is 4.68 Å². The molecule has 0 aliphatic heterocycles. The van der Waals surface area contributed by atoms with Crippen LogP contribution < -0.4 is 5.43 Å². The summed E-state index contributed by atoms with van der Waals surface area (Å²) >= 11 is 0. The second kappa shape index (κ2) is 3.96. The van der Waals surface area contributed by atoms with Crippen molar-refractivity contribution >= 4 is 0 Å². The van der Waals surface area contributed by atoms with Gasteiger partial charge in [0.25, 0.3) is 0 Å². The monoisotopic (exact) mass is 204 g/mol. The van der Waals surface area contributed by atoms with E-state index in [9.17, 15) is 5.11 Å². The molecule has 0 fully saturated rings. The van der Waals surface area contributed by atoms with Gasteiger partial charge in [-0.05, 0) is 29.8 Å². The van der Waals surface area contributed by atoms with E-state index in [4.69, 9.17) is 5.11 Å². The van der Waals surface area contributed by atoms with Gasteiger partial charge < -0.3 is 15.6 Å². The fourth-order valence-corrected chi connectivity index (χ4v) is 1.30. The maximum absolute atomic E-state index is 9.27. The first kappa shape index (κ1) is 9.45. The van der Waals surface area contributed by atoms with Gasteiger partial charge in [-0.15, -0.1) is 0 Å². The van der Waals surface area contributed by atoms with Gasteiger partial charge >= 0.3 is 0 Å². The number of hydrogen-bond acceptors (Lipinski definition) is 3. The Labute approximate surface area is 87.4 Å². The lowest BCUT2D eigenvalue weighted by Gasteiger charge is -2.08. The number of nitrogens with one attached hydrogen (secondary N) is 1. The molecule has 4 nitrogen and oxygen atoms in total. The molecule has 4 heteroatoms. The summed E-state index contributed by atoms with van der Waals surface area (Å²) in [7, 11) is 0. The highest BCUT2D eigenvalue weighted by atomic mass is 16.3. The number of nitrogens with zero attached hydrogens (tertiary/aromatic N) is 1. The number of benzene rings is 1. The zero-order valence-electron chi connectivity index (χ0n) is 8.09. The SMILES string of the molecule is Oc1ccc(CNn2cccc2)cc1O. The molecular weight excluding hydrogens is 192 g/mol. The molecule has 1 aromatic carbocycles. The summed E-state index contributed by atoms with van der Waals surface area (Å²) in [6.45, 7) is 0.586. The summed E-state index contributed by atoms with van der Waals surface area (Å²) in [6.07, 6.45) is 3.78. The molecule has 0 radical (unpaired) electrons. The van der Waals surface area contributed by atoms with Crippen LogP contribution >= 0.6 is 0 Å². The summed E-state index contributed by atoms with van der Waals surface area (Å²) < 4.78 is 1.82. The normalized spacial score (nSPS) is 10.1. The van der Waals surface area contributed by atoms with Crippen molar-refractivity contribution < 1.29 is 10.2 Å². The second-order valence-electron chi connectivity index (χ2n) is 3.25. The molecule has 78 valence electrons. The van der Waals surface area contributed by atoms with Crippen LogP contribution in [0.5, 0.6) is 11.5 Å². The summed E-state index contributed by atoms with van der Waals surface area (Å²) in [5, 5.41) is 18.4. The lowest BCUT2D eigenvalue weighted by Crippen LogP contribution is -2.11. The smallest absolute Gasteiger partial charge is 0.157 e. The molecule has 0 unspecified atom stereocenters. The van der Waals surface area contributed by atoms with E-state index in [1.54, 1.807) is 6.07 Å². The Bertz CT molecular complexity index is 438. The Morgan fingerprint density at radius 1 is 1.07 bits per heavy atom. The molecule has 0 atom stereocenters. The van der Waals surface area contributed by atoms with Crippen molar-refractivity contribution in [3.05, 3.63) is 48.3 Å². The van der Waals surface area contributed by atoms with E-state index in [0.29, 0.717) is 6.54 Å². The number of hydrogen-bond donors (Lipinski definition) is 3. The first-order chi connectivity index (χ1) is 7.25. The van der Waals surface area contributed by atoms with E-state index in [2.05, 4.69) is 5.43 Å². The molecule has 3 N–H and O–H groups in total. The minimum absolute atomic E-state index is 0.0955. The highest BCUT2D eigenvalue weighted by molar-refractivity contribution is 5.40. The molecule has 2 aromatic rings. The summed E-state index contributed by atoms with van der Waals surface area (Å²) in [6, 6.07) is 8.60. The predicted octanol–water partition coefficient (Wildman–Crippen LogP) is 1.64. The first-order valence-electron chi connectivity index (χ1n) is 4.63. The van der Waals surface area contributed by atoms with Gasteiger partial charge in [-0.1, -0.05) is 6.07 Å². The summed E-state index contributed by atoms with van der Waals surface area (Å²) in [4.78, 5) is 0. The minimum atomic E-state index is -0.0975. The second-order valence-corrected chi connectivity index (χ2v) is 3.25. The molecule has 0 saturated carbocycles. The highest BCUT2D eigenvalue weighted by Gasteiger charge is 1.99. The molecule has 15 heavy (non-hydrogen) atoms. The van der Waals surface area contributed by atoms with E-state index in [-0.39, 0.29) is 11.5 Å². The molecule has 1 aromatic heterocycles. The Morgan fingerprint density at radius 3 is 2.47 bits per heavy atom. The molecule has 0 amide bonds. The number of rotatable bonds is 3. The molecule has 0 aliphatic carbocycles. The first-order valence-corrected chi connectivity index (χ1v) is 4.63. The fraction of sp³-hybridized carbons (Fsp3) is 0.0909. The molecule has 0 aliphatic rings. The molecule has 0 saturated heterocycles. The van der Waals surface area contributed by atoms with Gasteiger partial charge in [-0.2, -0.15) is 0 Å². The Kier molecular flexibility index (Phi) is 2.49. The molecule has 1 heterocycles. The van der Waals surface area contributed by atoms with Gasteiger partial charge in [0.15, 0.2) is 11.5 Å². The minimum Gasteiger partial charge on any atom is -0.504 e. The number of aromatic nitrogens is 1. The molecular formula is C11H12N2O2. The van der Waals surface area contributed by atoms with E-state index in [0.717, 1.165) is 5.56 Å². The van der Waals surface area contributed by atoms with Crippen molar-refractivity contribution in [3.63, 3.8) is 0 Å². The quantitative estimate of drug-likeness (QED) is 0.666. The van der Waals surface area contributed by atoms with Crippen molar-refractivity contribution in [2.24, 2.45) is 0 Å². The molecule has 2 rings (SSSR count). The van der Waals surface area contributed by atoms with Crippen LogP contribution in [0.15, 0.2) is 42.7 Å². The van der Waals surface area contributed by atoms with Gasteiger partial charge in [-0.25, -0.2) is 0 Å². The van der Waals surface area contributed by atoms with E-state index in [1.807, 2.05) is 29.2 Å². The maximum atomic E-state index is 9.27. The van der Waals surface area contributed by atoms with Gasteiger partial charge in [0.05, 0.1) is 6.54 Å². The zero-order chi connectivity index (χ0) is 10.7. The average Bonchev–Trinajstić information content (AvgIpc) is 2.73. The van der Waals surface area contributed by atoms with Crippen molar-refractivity contribution in [1.29, 1.82) is 0 Å². The standard InChI is InChI=1S/C11H12N2O2/c14-10-4-3-9(7-11(10)15)8-12-13-5-1-2-6-13/h1-7,12,14-15H,8H2. The zero-order valence-corrected chi connectivity index (χ0v) is 8.09. The lowest BCUT2D eigenvalue weighted by molar-refractivity contribution is 0.403. The van der Waals surface area contributed by atoms with E-state index < -0.39 is 0 Å². The van der Waals surface area contributed by atoms with Crippen molar-refractivity contribution in [2.45, 2.75) is 6.54 Å². The van der Waals surface area contributed by atoms with E-state index in [1.165, 1.54) is 12.1 Å².